The summed E-state index contributed by atoms with van der Waals surface area (Å²) in [5.74, 6) is 0. The summed E-state index contributed by atoms with van der Waals surface area (Å²) in [7, 11) is 0. The summed E-state index contributed by atoms with van der Waals surface area (Å²) >= 11 is 0. The Labute approximate surface area is 233 Å². The first-order valence-corrected chi connectivity index (χ1v) is 11.4. The molecule has 0 N–H and O–H groups in total. The van der Waals surface area contributed by atoms with Crippen molar-refractivity contribution >= 4 is 33.6 Å². The van der Waals surface area contributed by atoms with Gasteiger partial charge in [0, 0.05) is 16.5 Å². The molecule has 0 spiro atoms. The zero-order valence-corrected chi connectivity index (χ0v) is 21.7. The molecule has 0 atom stereocenters. The van der Waals surface area contributed by atoms with Crippen molar-refractivity contribution in [3.63, 3.8) is 0 Å². The average molecular weight is 548 g/mol. The van der Waals surface area contributed by atoms with Crippen LogP contribution < -0.4 is 0 Å². The maximum atomic E-state index is 4.91. The van der Waals surface area contributed by atoms with Gasteiger partial charge in [-0.25, -0.2) is 36.4 Å². The third-order valence-electron chi connectivity index (χ3n) is 5.52. The number of nitrogens with zero attached hydrogens (tertiary/aromatic N) is 2. The van der Waals surface area contributed by atoms with E-state index in [9.17, 15) is 0 Å². The van der Waals surface area contributed by atoms with E-state index in [0.717, 1.165) is 33.9 Å². The van der Waals surface area contributed by atoms with Gasteiger partial charge in [-0.05, 0) is 5.39 Å². The van der Waals surface area contributed by atoms with Crippen LogP contribution in [0.1, 0.15) is 11.1 Å². The van der Waals surface area contributed by atoms with Crippen LogP contribution in [0.25, 0.3) is 10.8 Å². The van der Waals surface area contributed by atoms with E-state index in [1.54, 1.807) is 0 Å². The van der Waals surface area contributed by atoms with Gasteiger partial charge in [-0.15, -0.1) is 12.1 Å². The number of hydrogen-bond donors (Lipinski definition) is 0. The summed E-state index contributed by atoms with van der Waals surface area (Å²) < 4.78 is 0. The topological polar surface area (TPSA) is 24.7 Å². The quantitative estimate of drug-likeness (QED) is 0.154. The molecule has 6 aromatic rings. The maximum absolute atomic E-state index is 4.91. The Balaban J connectivity index is 0.000000252. The van der Waals surface area contributed by atoms with Gasteiger partial charge >= 0.3 is 34.1 Å². The van der Waals surface area contributed by atoms with Gasteiger partial charge in [0.2, 0.25) is 0 Å². The Hall–Kier alpha value is -3.52. The van der Waals surface area contributed by atoms with Crippen LogP contribution in [0, 0.1) is 0 Å². The third kappa shape index (κ3) is 6.37. The molecule has 7 rings (SSSR count). The van der Waals surface area contributed by atoms with Gasteiger partial charge in [0.15, 0.2) is 0 Å². The smallest absolute Gasteiger partial charge is 0.273 e. The Morgan fingerprint density at radius 3 is 1.22 bits per heavy atom. The van der Waals surface area contributed by atoms with Crippen molar-refractivity contribution in [2.24, 2.45) is 9.98 Å². The van der Waals surface area contributed by atoms with Crippen LogP contribution in [0.4, 0.5) is 11.4 Å². The molecule has 2 nitrogen and oxygen atoms in total. The van der Waals surface area contributed by atoms with Crippen molar-refractivity contribution in [1.29, 1.82) is 0 Å². The maximum Gasteiger partial charge on any atom is 2.00 e. The average Bonchev–Trinajstić information content (AvgIpc) is 3.71. The molecule has 0 radical (unpaired) electrons. The molecular formula is C32H24Fe2N2. The molecule has 1 aliphatic carbocycles. The second-order valence-corrected chi connectivity index (χ2v) is 7.84. The SMILES string of the molecule is [Fe+2].[Fe+2].c1c[cH-]c(N=C2C(=Nc3ccc[cH-]3)c3cccc4cccc2c34)c1.c1cc[cH-]c1.c1cc[cH-]c1. The number of rotatable bonds is 2. The zero-order valence-electron chi connectivity index (χ0n) is 19.5. The number of benzene rings is 2. The monoisotopic (exact) mass is 548 g/mol. The van der Waals surface area contributed by atoms with Crippen molar-refractivity contribution in [1.82, 2.24) is 0 Å². The summed E-state index contributed by atoms with van der Waals surface area (Å²) in [5, 5.41) is 2.48. The molecule has 178 valence electrons. The second-order valence-electron chi connectivity index (χ2n) is 7.84. The van der Waals surface area contributed by atoms with E-state index in [1.165, 1.54) is 10.8 Å². The van der Waals surface area contributed by atoms with Crippen LogP contribution in [0.3, 0.4) is 0 Å². The zero-order chi connectivity index (χ0) is 23.0. The van der Waals surface area contributed by atoms with Crippen LogP contribution in [0.2, 0.25) is 0 Å². The van der Waals surface area contributed by atoms with E-state index in [0.29, 0.717) is 0 Å². The molecule has 0 amide bonds. The molecule has 4 heteroatoms. The normalized spacial score (nSPS) is 13.2. The molecular weight excluding hydrogens is 524 g/mol. The molecule has 0 fully saturated rings. The van der Waals surface area contributed by atoms with Crippen molar-refractivity contribution in [3.8, 4) is 0 Å². The molecule has 36 heavy (non-hydrogen) atoms. The number of aliphatic imine (C=N–C) groups is 2. The Morgan fingerprint density at radius 2 is 0.889 bits per heavy atom. The van der Waals surface area contributed by atoms with Gasteiger partial charge in [0.1, 0.15) is 0 Å². The van der Waals surface area contributed by atoms with Crippen LogP contribution in [-0.4, -0.2) is 11.4 Å². The van der Waals surface area contributed by atoms with E-state index < -0.39 is 0 Å². The molecule has 0 aromatic heterocycles. The molecule has 0 saturated carbocycles. The molecule has 0 heterocycles. The van der Waals surface area contributed by atoms with Gasteiger partial charge < -0.3 is 0 Å². The molecule has 6 aromatic carbocycles. The van der Waals surface area contributed by atoms with Gasteiger partial charge in [0.05, 0.1) is 11.4 Å². The summed E-state index contributed by atoms with van der Waals surface area (Å²) in [6.07, 6.45) is 0. The fourth-order valence-electron chi connectivity index (χ4n) is 3.99. The fourth-order valence-corrected chi connectivity index (χ4v) is 3.99. The minimum Gasteiger partial charge on any atom is -0.273 e. The van der Waals surface area contributed by atoms with E-state index in [4.69, 9.17) is 9.98 Å². The fraction of sp³-hybridized carbons (Fsp3) is 0. The largest absolute Gasteiger partial charge is 2.00 e. The first kappa shape index (κ1) is 27.1. The summed E-state index contributed by atoms with van der Waals surface area (Å²) in [6, 6.07) is 48.9. The first-order valence-electron chi connectivity index (χ1n) is 11.4. The van der Waals surface area contributed by atoms with Crippen molar-refractivity contribution < 1.29 is 34.1 Å². The van der Waals surface area contributed by atoms with Gasteiger partial charge in [-0.2, -0.15) is 60.7 Å². The summed E-state index contributed by atoms with van der Waals surface area (Å²) in [5.41, 5.74) is 6.16. The van der Waals surface area contributed by atoms with Gasteiger partial charge in [-0.1, -0.05) is 47.8 Å². The molecule has 0 aliphatic heterocycles. The van der Waals surface area contributed by atoms with E-state index in [-0.39, 0.29) is 34.1 Å². The number of hydrogen-bond acceptors (Lipinski definition) is 2. The predicted molar refractivity (Wildman–Crippen MR) is 144 cm³/mol. The van der Waals surface area contributed by atoms with Crippen LogP contribution in [0.5, 0.6) is 0 Å². The van der Waals surface area contributed by atoms with Gasteiger partial charge in [0.25, 0.3) is 0 Å². The van der Waals surface area contributed by atoms with Crippen molar-refractivity contribution in [2.75, 3.05) is 0 Å². The van der Waals surface area contributed by atoms with Crippen molar-refractivity contribution in [3.05, 3.63) is 157 Å². The molecule has 1 aliphatic rings. The first-order chi connectivity index (χ1) is 16.9. The minimum atomic E-state index is 0. The van der Waals surface area contributed by atoms with Crippen LogP contribution >= 0.6 is 0 Å². The molecule has 0 unspecified atom stereocenters. The van der Waals surface area contributed by atoms with E-state index in [2.05, 4.69) is 36.4 Å². The van der Waals surface area contributed by atoms with E-state index >= 15 is 0 Å². The minimum absolute atomic E-state index is 0. The molecule has 0 saturated heterocycles. The van der Waals surface area contributed by atoms with Crippen molar-refractivity contribution in [2.45, 2.75) is 0 Å². The Kier molecular flexibility index (Phi) is 10.2. The Morgan fingerprint density at radius 1 is 0.444 bits per heavy atom. The Bertz CT molecular complexity index is 1320. The van der Waals surface area contributed by atoms with Crippen LogP contribution in [0.15, 0.2) is 156 Å². The van der Waals surface area contributed by atoms with E-state index in [1.807, 2.05) is 109 Å². The van der Waals surface area contributed by atoms with Gasteiger partial charge in [-0.3, -0.25) is 9.98 Å². The third-order valence-corrected chi connectivity index (χ3v) is 5.52. The second kappa shape index (κ2) is 13.5. The molecule has 0 bridgehead atoms. The predicted octanol–water partition coefficient (Wildman–Crippen LogP) is 8.34. The summed E-state index contributed by atoms with van der Waals surface area (Å²) in [6.45, 7) is 0. The van der Waals surface area contributed by atoms with Crippen LogP contribution in [-0.2, 0) is 34.1 Å². The standard InChI is InChI=1S/C22H14N2.2C5H5.2Fe/c1-2-10-16(9-1)23-21-18-13-5-7-15-8-6-14-19(20(15)18)22(21)24-17-11-3-4-12-17;2*1-2-4-5-3-1;;/h1-14H;2*1-5H;;/q-2;2*-1;2*+2. The summed E-state index contributed by atoms with van der Waals surface area (Å²) in [4.78, 5) is 9.81.